The minimum Gasteiger partial charge on any atom is -0.444 e. The van der Waals surface area contributed by atoms with E-state index in [4.69, 9.17) is 10.5 Å². The molecule has 1 saturated heterocycles. The van der Waals surface area contributed by atoms with Gasteiger partial charge in [0.25, 0.3) is 5.91 Å². The maximum Gasteiger partial charge on any atom is 0.410 e. The van der Waals surface area contributed by atoms with E-state index in [1.165, 1.54) is 0 Å². The molecule has 2 amide bonds. The average Bonchev–Trinajstić information content (AvgIpc) is 2.45. The summed E-state index contributed by atoms with van der Waals surface area (Å²) in [6.07, 6.45) is -0.334. The first-order valence-corrected chi connectivity index (χ1v) is 7.39. The number of amides is 2. The quantitative estimate of drug-likeness (QED) is 0.805. The summed E-state index contributed by atoms with van der Waals surface area (Å²) in [6, 6.07) is 7.02. The molecule has 6 nitrogen and oxygen atoms in total. The van der Waals surface area contributed by atoms with Gasteiger partial charge in [-0.2, -0.15) is 0 Å². The van der Waals surface area contributed by atoms with Crippen LogP contribution in [-0.2, 0) is 4.74 Å². The molecular formula is C16H23N3O3. The van der Waals surface area contributed by atoms with Gasteiger partial charge in [-0.15, -0.1) is 0 Å². The third-order valence-corrected chi connectivity index (χ3v) is 3.41. The van der Waals surface area contributed by atoms with Crippen LogP contribution in [0.3, 0.4) is 0 Å². The van der Waals surface area contributed by atoms with Crippen LogP contribution in [0.15, 0.2) is 24.3 Å². The van der Waals surface area contributed by atoms with Crippen LogP contribution in [0.2, 0.25) is 0 Å². The van der Waals surface area contributed by atoms with E-state index in [9.17, 15) is 9.59 Å². The van der Waals surface area contributed by atoms with Crippen LogP contribution >= 0.6 is 0 Å². The Morgan fingerprint density at radius 2 is 1.59 bits per heavy atom. The number of piperazine rings is 1. The highest BCUT2D eigenvalue weighted by molar-refractivity contribution is 5.99. The zero-order chi connectivity index (χ0) is 16.3. The highest BCUT2D eigenvalue weighted by Gasteiger charge is 2.28. The maximum atomic E-state index is 12.4. The summed E-state index contributed by atoms with van der Waals surface area (Å²) in [4.78, 5) is 27.8. The molecule has 1 fully saturated rings. The molecule has 0 spiro atoms. The summed E-state index contributed by atoms with van der Waals surface area (Å²) in [5.74, 6) is -0.0954. The number of rotatable bonds is 1. The third-order valence-electron chi connectivity index (χ3n) is 3.41. The highest BCUT2D eigenvalue weighted by Crippen LogP contribution is 2.16. The van der Waals surface area contributed by atoms with E-state index < -0.39 is 5.60 Å². The second-order valence-electron chi connectivity index (χ2n) is 6.35. The monoisotopic (exact) mass is 305 g/mol. The minimum absolute atomic E-state index is 0.0954. The van der Waals surface area contributed by atoms with Crippen molar-refractivity contribution in [2.45, 2.75) is 26.4 Å². The van der Waals surface area contributed by atoms with Crippen molar-refractivity contribution in [2.75, 3.05) is 31.9 Å². The largest absolute Gasteiger partial charge is 0.444 e. The zero-order valence-corrected chi connectivity index (χ0v) is 13.3. The Kier molecular flexibility index (Phi) is 4.59. The van der Waals surface area contributed by atoms with Crippen LogP contribution in [0.4, 0.5) is 10.5 Å². The maximum absolute atomic E-state index is 12.4. The lowest BCUT2D eigenvalue weighted by Gasteiger charge is -2.35. The molecule has 1 aromatic carbocycles. The van der Waals surface area contributed by atoms with Crippen molar-refractivity contribution in [1.29, 1.82) is 0 Å². The Morgan fingerprint density at radius 3 is 2.14 bits per heavy atom. The summed E-state index contributed by atoms with van der Waals surface area (Å²) in [6.45, 7) is 7.40. The Hall–Kier alpha value is -2.24. The Labute approximate surface area is 130 Å². The van der Waals surface area contributed by atoms with Crippen LogP contribution < -0.4 is 5.73 Å². The molecule has 2 N–H and O–H groups in total. The molecule has 6 heteroatoms. The van der Waals surface area contributed by atoms with E-state index in [1.807, 2.05) is 20.8 Å². The summed E-state index contributed by atoms with van der Waals surface area (Å²) in [7, 11) is 0. The van der Waals surface area contributed by atoms with Crippen LogP contribution in [-0.4, -0.2) is 53.6 Å². The SMILES string of the molecule is CC(C)(C)OC(=O)N1CCN(C(=O)c2ccccc2N)CC1. The molecule has 0 saturated carbocycles. The molecule has 0 bridgehead atoms. The molecule has 0 radical (unpaired) electrons. The van der Waals surface area contributed by atoms with Crippen LogP contribution in [0.25, 0.3) is 0 Å². The number of carbonyl (C=O) groups is 2. The smallest absolute Gasteiger partial charge is 0.410 e. The Balaban J connectivity index is 1.94. The summed E-state index contributed by atoms with van der Waals surface area (Å²) >= 11 is 0. The van der Waals surface area contributed by atoms with Gasteiger partial charge in [-0.05, 0) is 32.9 Å². The number of carbonyl (C=O) groups excluding carboxylic acids is 2. The number of nitrogens with zero attached hydrogens (tertiary/aromatic N) is 2. The van der Waals surface area contributed by atoms with Gasteiger partial charge >= 0.3 is 6.09 Å². The number of nitrogens with two attached hydrogens (primary N) is 1. The molecule has 1 aromatic rings. The predicted molar refractivity (Wildman–Crippen MR) is 84.6 cm³/mol. The van der Waals surface area contributed by atoms with Crippen molar-refractivity contribution in [3.8, 4) is 0 Å². The number of anilines is 1. The number of nitrogen functional groups attached to an aromatic ring is 1. The van der Waals surface area contributed by atoms with E-state index in [0.29, 0.717) is 37.4 Å². The number of ether oxygens (including phenoxy) is 1. The molecule has 1 aliphatic rings. The molecule has 1 aliphatic heterocycles. The number of benzene rings is 1. The van der Waals surface area contributed by atoms with Crippen LogP contribution in [0.5, 0.6) is 0 Å². The molecule has 22 heavy (non-hydrogen) atoms. The topological polar surface area (TPSA) is 75.9 Å². The molecule has 0 unspecified atom stereocenters. The lowest BCUT2D eigenvalue weighted by atomic mass is 10.1. The highest BCUT2D eigenvalue weighted by atomic mass is 16.6. The molecule has 0 atom stereocenters. The Morgan fingerprint density at radius 1 is 1.05 bits per heavy atom. The lowest BCUT2D eigenvalue weighted by molar-refractivity contribution is 0.0141. The minimum atomic E-state index is -0.511. The van der Waals surface area contributed by atoms with Gasteiger partial charge in [-0.25, -0.2) is 4.79 Å². The predicted octanol–water partition coefficient (Wildman–Crippen LogP) is 1.96. The van der Waals surface area contributed by atoms with E-state index in [0.717, 1.165) is 0 Å². The van der Waals surface area contributed by atoms with Gasteiger partial charge in [-0.3, -0.25) is 4.79 Å². The van der Waals surface area contributed by atoms with E-state index in [1.54, 1.807) is 34.1 Å². The first-order valence-electron chi connectivity index (χ1n) is 7.39. The van der Waals surface area contributed by atoms with Gasteiger partial charge in [0, 0.05) is 31.9 Å². The molecule has 1 heterocycles. The molecule has 120 valence electrons. The second-order valence-corrected chi connectivity index (χ2v) is 6.35. The first-order chi connectivity index (χ1) is 10.3. The fourth-order valence-corrected chi connectivity index (χ4v) is 2.28. The van der Waals surface area contributed by atoms with Crippen molar-refractivity contribution in [3.05, 3.63) is 29.8 Å². The molecule has 0 aromatic heterocycles. The Bertz CT molecular complexity index is 558. The number of hydrogen-bond acceptors (Lipinski definition) is 4. The average molecular weight is 305 g/mol. The van der Waals surface area contributed by atoms with Gasteiger partial charge in [0.15, 0.2) is 0 Å². The van der Waals surface area contributed by atoms with Gasteiger partial charge < -0.3 is 20.3 Å². The zero-order valence-electron chi connectivity index (χ0n) is 13.3. The fraction of sp³-hybridized carbons (Fsp3) is 0.500. The number of para-hydroxylation sites is 1. The molecule has 0 aliphatic carbocycles. The fourth-order valence-electron chi connectivity index (χ4n) is 2.28. The van der Waals surface area contributed by atoms with Crippen molar-refractivity contribution in [2.24, 2.45) is 0 Å². The van der Waals surface area contributed by atoms with Crippen molar-refractivity contribution in [1.82, 2.24) is 9.80 Å². The van der Waals surface area contributed by atoms with Gasteiger partial charge in [0.05, 0.1) is 5.56 Å². The number of hydrogen-bond donors (Lipinski definition) is 1. The van der Waals surface area contributed by atoms with Crippen molar-refractivity contribution >= 4 is 17.7 Å². The molecule has 2 rings (SSSR count). The van der Waals surface area contributed by atoms with Gasteiger partial charge in [0.1, 0.15) is 5.60 Å². The van der Waals surface area contributed by atoms with Gasteiger partial charge in [0.2, 0.25) is 0 Å². The standard InChI is InChI=1S/C16H23N3O3/c1-16(2,3)22-15(21)19-10-8-18(9-11-19)14(20)12-6-4-5-7-13(12)17/h4-7H,8-11,17H2,1-3H3. The van der Waals surface area contributed by atoms with Crippen molar-refractivity contribution < 1.29 is 14.3 Å². The van der Waals surface area contributed by atoms with Gasteiger partial charge in [-0.1, -0.05) is 12.1 Å². The third kappa shape index (κ3) is 3.90. The van der Waals surface area contributed by atoms with E-state index >= 15 is 0 Å². The second kappa shape index (κ2) is 6.25. The summed E-state index contributed by atoms with van der Waals surface area (Å²) in [5.41, 5.74) is 6.31. The lowest BCUT2D eigenvalue weighted by Crippen LogP contribution is -2.51. The summed E-state index contributed by atoms with van der Waals surface area (Å²) < 4.78 is 5.34. The molecular weight excluding hydrogens is 282 g/mol. The van der Waals surface area contributed by atoms with Crippen molar-refractivity contribution in [3.63, 3.8) is 0 Å². The summed E-state index contributed by atoms with van der Waals surface area (Å²) in [5, 5.41) is 0. The van der Waals surface area contributed by atoms with Crippen LogP contribution in [0, 0.1) is 0 Å². The normalized spacial score (nSPS) is 15.6. The van der Waals surface area contributed by atoms with Crippen LogP contribution in [0.1, 0.15) is 31.1 Å². The van der Waals surface area contributed by atoms with E-state index in [2.05, 4.69) is 0 Å². The first kappa shape index (κ1) is 16.1. The van der Waals surface area contributed by atoms with E-state index in [-0.39, 0.29) is 12.0 Å².